The number of carbonyl (C=O) groups is 2. The molecule has 2 rings (SSSR count). The molecular formula is C14H19N5O4S. The average Bonchev–Trinajstić information content (AvgIpc) is 2.90. The van der Waals surface area contributed by atoms with Gasteiger partial charge in [0.1, 0.15) is 6.29 Å². The largest absolute Gasteiger partial charge is 0.346 e. The van der Waals surface area contributed by atoms with Gasteiger partial charge in [-0.2, -0.15) is 0 Å². The lowest BCUT2D eigenvalue weighted by molar-refractivity contribution is -0.121. The smallest absolute Gasteiger partial charge is 0.332 e. The fourth-order valence-corrected chi connectivity index (χ4v) is 3.02. The standard InChI is InChI=1S/C14H19N5O4S/c1-5-8(6-20)15-9(21)7-24-13-16-11-10(17(13)2)12(22)19(4)14(23)18(11)3/h6,8H,5,7H2,1-4H3,(H,15,21). The van der Waals surface area contributed by atoms with E-state index in [-0.39, 0.29) is 17.3 Å². The number of aryl methyl sites for hydroxylation is 2. The van der Waals surface area contributed by atoms with Crippen molar-refractivity contribution in [1.82, 2.24) is 24.0 Å². The topological polar surface area (TPSA) is 108 Å². The van der Waals surface area contributed by atoms with Crippen molar-refractivity contribution in [3.63, 3.8) is 0 Å². The molecule has 10 heteroatoms. The number of amides is 1. The number of aldehydes is 1. The van der Waals surface area contributed by atoms with Gasteiger partial charge >= 0.3 is 5.69 Å². The zero-order valence-electron chi connectivity index (χ0n) is 13.9. The van der Waals surface area contributed by atoms with Crippen LogP contribution in [0.4, 0.5) is 0 Å². The fraction of sp³-hybridized carbons (Fsp3) is 0.500. The molecule has 9 nitrogen and oxygen atoms in total. The Hall–Kier alpha value is -2.36. The normalized spacial score (nSPS) is 12.3. The van der Waals surface area contributed by atoms with Crippen LogP contribution in [0.5, 0.6) is 0 Å². The van der Waals surface area contributed by atoms with E-state index in [0.29, 0.717) is 23.4 Å². The maximum atomic E-state index is 12.3. The van der Waals surface area contributed by atoms with Crippen molar-refractivity contribution in [2.45, 2.75) is 24.5 Å². The molecular weight excluding hydrogens is 334 g/mol. The van der Waals surface area contributed by atoms with Crippen molar-refractivity contribution in [2.24, 2.45) is 21.1 Å². The van der Waals surface area contributed by atoms with Crippen LogP contribution >= 0.6 is 11.8 Å². The monoisotopic (exact) mass is 353 g/mol. The first-order valence-electron chi connectivity index (χ1n) is 7.31. The minimum atomic E-state index is -0.508. The Bertz CT molecular complexity index is 910. The first kappa shape index (κ1) is 18.0. The number of nitrogens with one attached hydrogen (secondary N) is 1. The summed E-state index contributed by atoms with van der Waals surface area (Å²) in [5, 5.41) is 3.04. The minimum absolute atomic E-state index is 0.0514. The molecule has 1 N–H and O–H groups in total. The number of rotatable bonds is 6. The Morgan fingerprint density at radius 1 is 1.25 bits per heavy atom. The summed E-state index contributed by atoms with van der Waals surface area (Å²) in [7, 11) is 4.59. The van der Waals surface area contributed by atoms with Gasteiger partial charge in [-0.25, -0.2) is 9.78 Å². The quantitative estimate of drug-likeness (QED) is 0.536. The van der Waals surface area contributed by atoms with Crippen molar-refractivity contribution < 1.29 is 9.59 Å². The number of hydrogen-bond donors (Lipinski definition) is 1. The van der Waals surface area contributed by atoms with Gasteiger partial charge in [-0.05, 0) is 6.42 Å². The van der Waals surface area contributed by atoms with E-state index in [0.717, 1.165) is 16.3 Å². The van der Waals surface area contributed by atoms with Gasteiger partial charge < -0.3 is 14.7 Å². The molecule has 0 aliphatic carbocycles. The van der Waals surface area contributed by atoms with Gasteiger partial charge in [0.2, 0.25) is 5.91 Å². The molecule has 1 atom stereocenters. The van der Waals surface area contributed by atoms with Crippen LogP contribution in [0.3, 0.4) is 0 Å². The predicted octanol–water partition coefficient (Wildman–Crippen LogP) is -0.843. The fourth-order valence-electron chi connectivity index (χ4n) is 2.24. The van der Waals surface area contributed by atoms with E-state index < -0.39 is 17.3 Å². The van der Waals surface area contributed by atoms with Crippen molar-refractivity contribution >= 4 is 35.1 Å². The molecule has 24 heavy (non-hydrogen) atoms. The van der Waals surface area contributed by atoms with Gasteiger partial charge in [0.15, 0.2) is 16.3 Å². The second kappa shape index (κ2) is 7.04. The number of fused-ring (bicyclic) bond motifs is 1. The molecule has 0 bridgehead atoms. The molecule has 1 amide bonds. The van der Waals surface area contributed by atoms with Crippen LogP contribution < -0.4 is 16.6 Å². The summed E-state index contributed by atoms with van der Waals surface area (Å²) in [4.78, 5) is 51.1. The molecule has 0 aromatic carbocycles. The van der Waals surface area contributed by atoms with Crippen molar-refractivity contribution in [3.8, 4) is 0 Å². The maximum Gasteiger partial charge on any atom is 0.332 e. The van der Waals surface area contributed by atoms with Crippen LogP contribution in [0.25, 0.3) is 11.2 Å². The van der Waals surface area contributed by atoms with E-state index in [1.165, 1.54) is 18.7 Å². The highest BCUT2D eigenvalue weighted by atomic mass is 32.2. The van der Waals surface area contributed by atoms with Crippen LogP contribution in [0.15, 0.2) is 14.7 Å². The van der Waals surface area contributed by atoms with E-state index >= 15 is 0 Å². The summed E-state index contributed by atoms with van der Waals surface area (Å²) in [5.74, 6) is -0.247. The van der Waals surface area contributed by atoms with Crippen molar-refractivity contribution in [1.29, 1.82) is 0 Å². The van der Waals surface area contributed by atoms with E-state index in [9.17, 15) is 19.2 Å². The van der Waals surface area contributed by atoms with Crippen LogP contribution in [0.2, 0.25) is 0 Å². The Morgan fingerprint density at radius 2 is 1.92 bits per heavy atom. The van der Waals surface area contributed by atoms with Crippen LogP contribution in [-0.2, 0) is 30.7 Å². The second-order valence-corrected chi connectivity index (χ2v) is 6.28. The Labute approximate surface area is 141 Å². The third kappa shape index (κ3) is 3.14. The summed E-state index contributed by atoms with van der Waals surface area (Å²) in [5.41, 5.74) is -0.335. The molecule has 0 saturated heterocycles. The molecule has 130 valence electrons. The van der Waals surface area contributed by atoms with E-state index in [1.807, 2.05) is 0 Å². The lowest BCUT2D eigenvalue weighted by Crippen LogP contribution is -2.37. The molecule has 0 saturated carbocycles. The number of hydrogen-bond acceptors (Lipinski definition) is 6. The molecule has 0 aliphatic heterocycles. The van der Waals surface area contributed by atoms with Crippen LogP contribution in [0, 0.1) is 0 Å². The molecule has 0 spiro atoms. The highest BCUT2D eigenvalue weighted by molar-refractivity contribution is 7.99. The van der Waals surface area contributed by atoms with Crippen LogP contribution in [0.1, 0.15) is 13.3 Å². The van der Waals surface area contributed by atoms with Gasteiger partial charge in [-0.15, -0.1) is 0 Å². The van der Waals surface area contributed by atoms with Gasteiger partial charge in [-0.3, -0.25) is 18.7 Å². The maximum absolute atomic E-state index is 12.3. The van der Waals surface area contributed by atoms with Gasteiger partial charge in [0, 0.05) is 21.1 Å². The van der Waals surface area contributed by atoms with Gasteiger partial charge in [0.05, 0.1) is 11.8 Å². The first-order chi connectivity index (χ1) is 11.3. The van der Waals surface area contributed by atoms with Gasteiger partial charge in [-0.1, -0.05) is 18.7 Å². The first-order valence-corrected chi connectivity index (χ1v) is 8.30. The SMILES string of the molecule is CCC(C=O)NC(=O)CSc1nc2c(c(=O)n(C)c(=O)n2C)n1C. The summed E-state index contributed by atoms with van der Waals surface area (Å²) in [6, 6.07) is -0.508. The third-order valence-electron chi connectivity index (χ3n) is 3.72. The highest BCUT2D eigenvalue weighted by Crippen LogP contribution is 2.19. The van der Waals surface area contributed by atoms with E-state index in [2.05, 4.69) is 10.3 Å². The number of thioether (sulfide) groups is 1. The third-order valence-corrected chi connectivity index (χ3v) is 4.75. The molecule has 2 heterocycles. The molecule has 1 unspecified atom stereocenters. The summed E-state index contributed by atoms with van der Waals surface area (Å²) >= 11 is 1.13. The molecule has 2 aromatic heterocycles. The summed E-state index contributed by atoms with van der Waals surface area (Å²) < 4.78 is 3.87. The number of imidazole rings is 1. The average molecular weight is 353 g/mol. The summed E-state index contributed by atoms with van der Waals surface area (Å²) in [6.45, 7) is 1.80. The predicted molar refractivity (Wildman–Crippen MR) is 90.2 cm³/mol. The zero-order valence-corrected chi connectivity index (χ0v) is 14.7. The number of aromatic nitrogens is 4. The van der Waals surface area contributed by atoms with Crippen molar-refractivity contribution in [2.75, 3.05) is 5.75 Å². The lowest BCUT2D eigenvalue weighted by atomic mass is 10.2. The number of carbonyl (C=O) groups excluding carboxylic acids is 2. The Morgan fingerprint density at radius 3 is 2.50 bits per heavy atom. The second-order valence-electron chi connectivity index (χ2n) is 5.34. The molecule has 0 aliphatic rings. The Balaban J connectivity index is 2.30. The molecule has 0 radical (unpaired) electrons. The minimum Gasteiger partial charge on any atom is -0.346 e. The summed E-state index contributed by atoms with van der Waals surface area (Å²) in [6.07, 6.45) is 1.21. The highest BCUT2D eigenvalue weighted by Gasteiger charge is 2.18. The lowest BCUT2D eigenvalue weighted by Gasteiger charge is -2.09. The number of nitrogens with zero attached hydrogens (tertiary/aromatic N) is 4. The zero-order chi connectivity index (χ0) is 18.0. The Kier molecular flexibility index (Phi) is 5.27. The van der Waals surface area contributed by atoms with Crippen molar-refractivity contribution in [3.05, 3.63) is 20.8 Å². The van der Waals surface area contributed by atoms with E-state index in [1.54, 1.807) is 18.5 Å². The van der Waals surface area contributed by atoms with Crippen LogP contribution in [-0.4, -0.2) is 42.7 Å². The molecule has 2 aromatic rings. The molecule has 0 fully saturated rings. The van der Waals surface area contributed by atoms with E-state index in [4.69, 9.17) is 0 Å². The van der Waals surface area contributed by atoms with Gasteiger partial charge in [0.25, 0.3) is 5.56 Å².